The zero-order valence-corrected chi connectivity index (χ0v) is 20.0. The fourth-order valence-corrected chi connectivity index (χ4v) is 4.43. The maximum absolute atomic E-state index is 13.4. The lowest BCUT2D eigenvalue weighted by molar-refractivity contribution is -0.139. The number of rotatable bonds is 9. The zero-order chi connectivity index (χ0) is 22.9. The van der Waals surface area contributed by atoms with Crippen molar-refractivity contribution >= 4 is 46.8 Å². The molecule has 1 N–H and O–H groups in total. The first-order valence-electron chi connectivity index (χ1n) is 10.1. The summed E-state index contributed by atoms with van der Waals surface area (Å²) in [6.45, 7) is 0.246. The minimum Gasteiger partial charge on any atom is -0.357 e. The van der Waals surface area contributed by atoms with E-state index >= 15 is 0 Å². The summed E-state index contributed by atoms with van der Waals surface area (Å²) in [5.41, 5.74) is 1.78. The second-order valence-electron chi connectivity index (χ2n) is 7.19. The van der Waals surface area contributed by atoms with Crippen LogP contribution in [0, 0.1) is 0 Å². The first-order valence-corrected chi connectivity index (χ1v) is 11.9. The number of nitrogens with one attached hydrogen (secondary N) is 1. The molecule has 3 aromatic rings. The topological polar surface area (TPSA) is 49.4 Å². The summed E-state index contributed by atoms with van der Waals surface area (Å²) in [5.74, 6) is -0.130. The van der Waals surface area contributed by atoms with Gasteiger partial charge in [-0.1, -0.05) is 77.8 Å². The van der Waals surface area contributed by atoms with E-state index in [-0.39, 0.29) is 24.1 Å². The fourth-order valence-electron chi connectivity index (χ4n) is 3.30. The van der Waals surface area contributed by atoms with Crippen molar-refractivity contribution in [2.75, 3.05) is 12.8 Å². The molecule has 0 fully saturated rings. The van der Waals surface area contributed by atoms with Gasteiger partial charge in [0.25, 0.3) is 0 Å². The quantitative estimate of drug-likeness (QED) is 0.407. The molecule has 0 heterocycles. The van der Waals surface area contributed by atoms with Gasteiger partial charge in [0.2, 0.25) is 11.8 Å². The van der Waals surface area contributed by atoms with E-state index in [1.54, 1.807) is 24.1 Å². The number of likely N-dealkylation sites (N-methyl/N-ethyl adjacent to an activating group) is 1. The van der Waals surface area contributed by atoms with Crippen LogP contribution in [0.3, 0.4) is 0 Å². The predicted octanol–water partition coefficient (Wildman–Crippen LogP) is 5.47. The Morgan fingerprint density at radius 2 is 1.56 bits per heavy atom. The Morgan fingerprint density at radius 1 is 0.906 bits per heavy atom. The molecule has 4 nitrogen and oxygen atoms in total. The third kappa shape index (κ3) is 6.76. The smallest absolute Gasteiger partial charge is 0.242 e. The normalized spacial score (nSPS) is 11.6. The van der Waals surface area contributed by atoms with Crippen molar-refractivity contribution < 1.29 is 9.59 Å². The molecule has 0 saturated heterocycles. The SMILES string of the molecule is CNC(=O)[C@@H](Cc1ccccc1)N(Cc1ccc(Cl)c(Cl)c1)C(=O)CSc1ccccc1. The van der Waals surface area contributed by atoms with Gasteiger partial charge in [-0.3, -0.25) is 9.59 Å². The molecule has 2 amide bonds. The Balaban J connectivity index is 1.89. The van der Waals surface area contributed by atoms with Crippen LogP contribution in [-0.2, 0) is 22.6 Å². The molecule has 0 aliphatic carbocycles. The summed E-state index contributed by atoms with van der Waals surface area (Å²) < 4.78 is 0. The second-order valence-corrected chi connectivity index (χ2v) is 9.05. The van der Waals surface area contributed by atoms with E-state index in [2.05, 4.69) is 5.32 Å². The lowest BCUT2D eigenvalue weighted by Crippen LogP contribution is -2.50. The Kier molecular flexibility index (Phi) is 9.03. The number of hydrogen-bond donors (Lipinski definition) is 1. The first kappa shape index (κ1) is 24.2. The summed E-state index contributed by atoms with van der Waals surface area (Å²) in [4.78, 5) is 28.9. The van der Waals surface area contributed by atoms with Gasteiger partial charge in [-0.25, -0.2) is 0 Å². The van der Waals surface area contributed by atoms with Crippen molar-refractivity contribution in [2.24, 2.45) is 0 Å². The fraction of sp³-hybridized carbons (Fsp3) is 0.200. The number of thioether (sulfide) groups is 1. The van der Waals surface area contributed by atoms with Crippen LogP contribution in [0.5, 0.6) is 0 Å². The summed E-state index contributed by atoms with van der Waals surface area (Å²) in [7, 11) is 1.58. The molecule has 3 aromatic carbocycles. The van der Waals surface area contributed by atoms with Gasteiger partial charge in [0, 0.05) is 24.9 Å². The first-order chi connectivity index (χ1) is 15.5. The van der Waals surface area contributed by atoms with Crippen molar-refractivity contribution in [1.82, 2.24) is 10.2 Å². The highest BCUT2D eigenvalue weighted by atomic mass is 35.5. The highest BCUT2D eigenvalue weighted by molar-refractivity contribution is 8.00. The summed E-state index contributed by atoms with van der Waals surface area (Å²) in [5, 5.41) is 3.57. The summed E-state index contributed by atoms with van der Waals surface area (Å²) >= 11 is 13.7. The Bertz CT molecular complexity index is 1050. The molecular weight excluding hydrogens is 463 g/mol. The predicted molar refractivity (Wildman–Crippen MR) is 132 cm³/mol. The maximum Gasteiger partial charge on any atom is 0.242 e. The zero-order valence-electron chi connectivity index (χ0n) is 17.6. The van der Waals surface area contributed by atoms with Crippen molar-refractivity contribution in [3.05, 3.63) is 100 Å². The number of amides is 2. The van der Waals surface area contributed by atoms with Gasteiger partial charge in [-0.15, -0.1) is 11.8 Å². The molecule has 0 aliphatic rings. The lowest BCUT2D eigenvalue weighted by Gasteiger charge is -2.31. The molecule has 0 bridgehead atoms. The molecule has 7 heteroatoms. The summed E-state index contributed by atoms with van der Waals surface area (Å²) in [6, 6.07) is 24.0. The average molecular weight is 487 g/mol. The van der Waals surface area contributed by atoms with Crippen molar-refractivity contribution in [3.63, 3.8) is 0 Å². The molecule has 0 aliphatic heterocycles. The molecule has 32 heavy (non-hydrogen) atoms. The number of halogens is 2. The van der Waals surface area contributed by atoms with Gasteiger partial charge in [0.1, 0.15) is 6.04 Å². The van der Waals surface area contributed by atoms with Gasteiger partial charge >= 0.3 is 0 Å². The maximum atomic E-state index is 13.4. The van der Waals surface area contributed by atoms with Crippen LogP contribution in [-0.4, -0.2) is 35.6 Å². The van der Waals surface area contributed by atoms with Crippen LogP contribution >= 0.6 is 35.0 Å². The van der Waals surface area contributed by atoms with E-state index in [9.17, 15) is 9.59 Å². The van der Waals surface area contributed by atoms with Gasteiger partial charge in [0.15, 0.2) is 0 Å². The Hall–Kier alpha value is -2.47. The van der Waals surface area contributed by atoms with E-state index in [1.807, 2.05) is 66.7 Å². The standard InChI is InChI=1S/C25H24Cl2N2O2S/c1-28-25(31)23(15-18-8-4-2-5-9-18)29(16-19-12-13-21(26)22(27)14-19)24(30)17-32-20-10-6-3-7-11-20/h2-14,23H,15-17H2,1H3,(H,28,31)/t23-/m1/s1. The molecule has 0 saturated carbocycles. The molecular formula is C25H24Cl2N2O2S. The monoisotopic (exact) mass is 486 g/mol. The van der Waals surface area contributed by atoms with Gasteiger partial charge < -0.3 is 10.2 Å². The van der Waals surface area contributed by atoms with Crippen molar-refractivity contribution in [2.45, 2.75) is 23.9 Å². The largest absolute Gasteiger partial charge is 0.357 e. The average Bonchev–Trinajstić information content (AvgIpc) is 2.82. The number of carbonyl (C=O) groups excluding carboxylic acids is 2. The van der Waals surface area contributed by atoms with Crippen molar-refractivity contribution in [1.29, 1.82) is 0 Å². The van der Waals surface area contributed by atoms with Crippen molar-refractivity contribution in [3.8, 4) is 0 Å². The number of hydrogen-bond acceptors (Lipinski definition) is 3. The minimum absolute atomic E-state index is 0.130. The van der Waals surface area contributed by atoms with Crippen LogP contribution in [0.15, 0.2) is 83.8 Å². The van der Waals surface area contributed by atoms with Crippen LogP contribution < -0.4 is 5.32 Å². The number of benzene rings is 3. The van der Waals surface area contributed by atoms with Crippen LogP contribution in [0.1, 0.15) is 11.1 Å². The van der Waals surface area contributed by atoms with Gasteiger partial charge in [-0.05, 0) is 35.4 Å². The molecule has 166 valence electrons. The third-order valence-electron chi connectivity index (χ3n) is 4.96. The molecule has 0 radical (unpaired) electrons. The lowest BCUT2D eigenvalue weighted by atomic mass is 10.0. The number of carbonyl (C=O) groups is 2. The molecule has 0 unspecified atom stereocenters. The number of nitrogens with zero attached hydrogens (tertiary/aromatic N) is 1. The molecule has 3 rings (SSSR count). The molecule has 0 aromatic heterocycles. The van der Waals surface area contributed by atoms with E-state index in [4.69, 9.17) is 23.2 Å². The molecule has 1 atom stereocenters. The molecule has 0 spiro atoms. The highest BCUT2D eigenvalue weighted by Gasteiger charge is 2.29. The highest BCUT2D eigenvalue weighted by Crippen LogP contribution is 2.25. The van der Waals surface area contributed by atoms with Gasteiger partial charge in [0.05, 0.1) is 15.8 Å². The minimum atomic E-state index is -0.666. The Labute approximate surface area is 202 Å². The van der Waals surface area contributed by atoms with E-state index in [0.29, 0.717) is 16.5 Å². The van der Waals surface area contributed by atoms with Crippen LogP contribution in [0.2, 0.25) is 10.0 Å². The van der Waals surface area contributed by atoms with E-state index in [0.717, 1.165) is 16.0 Å². The van der Waals surface area contributed by atoms with E-state index < -0.39 is 6.04 Å². The van der Waals surface area contributed by atoms with Crippen LogP contribution in [0.25, 0.3) is 0 Å². The van der Waals surface area contributed by atoms with Crippen LogP contribution in [0.4, 0.5) is 0 Å². The summed E-state index contributed by atoms with van der Waals surface area (Å²) in [6.07, 6.45) is 0.406. The van der Waals surface area contributed by atoms with E-state index in [1.165, 1.54) is 11.8 Å². The van der Waals surface area contributed by atoms with Gasteiger partial charge in [-0.2, -0.15) is 0 Å². The second kappa shape index (κ2) is 12.0. The third-order valence-corrected chi connectivity index (χ3v) is 6.70. The Morgan fingerprint density at radius 3 is 2.19 bits per heavy atom.